The van der Waals surface area contributed by atoms with Gasteiger partial charge in [0.2, 0.25) is 0 Å². The highest BCUT2D eigenvalue weighted by Crippen LogP contribution is 2.33. The summed E-state index contributed by atoms with van der Waals surface area (Å²) in [6, 6.07) is 17.2. The van der Waals surface area contributed by atoms with Gasteiger partial charge in [-0.05, 0) is 39.8 Å². The van der Waals surface area contributed by atoms with E-state index in [1.54, 1.807) is 0 Å². The first-order valence-electron chi connectivity index (χ1n) is 6.17. The Balaban J connectivity index is 2.16. The van der Waals surface area contributed by atoms with Gasteiger partial charge < -0.3 is 4.74 Å². The van der Waals surface area contributed by atoms with Gasteiger partial charge in [0.1, 0.15) is 12.4 Å². The van der Waals surface area contributed by atoms with Crippen LogP contribution >= 0.6 is 0 Å². The second kappa shape index (κ2) is 3.61. The lowest BCUT2D eigenvalue weighted by atomic mass is 9.99. The Morgan fingerprint density at radius 2 is 1.72 bits per heavy atom. The second-order valence-corrected chi connectivity index (χ2v) is 4.61. The standard InChI is InChI=1S/C17H12O/c1-2-6-15-12(4-1)7-8-13-10-14-5-3-9-18-17(14)11-16(13)15/h1-8,10-11H,9H2. The number of ether oxygens (including phenoxy) is 1. The largest absolute Gasteiger partial charge is 0.489 e. The minimum atomic E-state index is 0.670. The summed E-state index contributed by atoms with van der Waals surface area (Å²) in [6.07, 6.45) is 4.18. The predicted molar refractivity (Wildman–Crippen MR) is 76.0 cm³/mol. The van der Waals surface area contributed by atoms with E-state index in [2.05, 4.69) is 60.7 Å². The van der Waals surface area contributed by atoms with E-state index in [4.69, 9.17) is 4.74 Å². The molecule has 0 amide bonds. The summed E-state index contributed by atoms with van der Waals surface area (Å²) in [7, 11) is 0. The van der Waals surface area contributed by atoms with Crippen LogP contribution in [0.25, 0.3) is 27.6 Å². The van der Waals surface area contributed by atoms with Crippen molar-refractivity contribution in [1.82, 2.24) is 0 Å². The Morgan fingerprint density at radius 3 is 2.72 bits per heavy atom. The molecule has 0 bridgehead atoms. The molecule has 0 aromatic heterocycles. The maximum absolute atomic E-state index is 5.69. The molecule has 0 fully saturated rings. The molecule has 0 saturated heterocycles. The SMILES string of the molecule is C1=Cc2cc3ccc4ccccc4c3cc2OC1. The van der Waals surface area contributed by atoms with Crippen molar-refractivity contribution in [2.45, 2.75) is 0 Å². The van der Waals surface area contributed by atoms with E-state index in [1.165, 1.54) is 27.1 Å². The van der Waals surface area contributed by atoms with Crippen LogP contribution in [0.4, 0.5) is 0 Å². The summed E-state index contributed by atoms with van der Waals surface area (Å²) in [5.74, 6) is 0.987. The molecule has 1 aliphatic rings. The van der Waals surface area contributed by atoms with Crippen molar-refractivity contribution in [3.05, 3.63) is 60.2 Å². The van der Waals surface area contributed by atoms with Gasteiger partial charge in [0, 0.05) is 5.56 Å². The van der Waals surface area contributed by atoms with Gasteiger partial charge in [0.05, 0.1) is 0 Å². The summed E-state index contributed by atoms with van der Waals surface area (Å²) >= 11 is 0. The lowest BCUT2D eigenvalue weighted by Gasteiger charge is -2.14. The van der Waals surface area contributed by atoms with Gasteiger partial charge in [-0.15, -0.1) is 0 Å². The lowest BCUT2D eigenvalue weighted by molar-refractivity contribution is 0.359. The van der Waals surface area contributed by atoms with Gasteiger partial charge in [0.25, 0.3) is 0 Å². The first-order chi connectivity index (χ1) is 8.92. The smallest absolute Gasteiger partial charge is 0.127 e. The summed E-state index contributed by atoms with van der Waals surface area (Å²) in [4.78, 5) is 0. The molecule has 3 aromatic rings. The molecule has 0 atom stereocenters. The third-order valence-electron chi connectivity index (χ3n) is 3.51. The Labute approximate surface area is 105 Å². The summed E-state index contributed by atoms with van der Waals surface area (Å²) in [5, 5.41) is 5.09. The van der Waals surface area contributed by atoms with Gasteiger partial charge in [-0.3, -0.25) is 0 Å². The maximum Gasteiger partial charge on any atom is 0.127 e. The molecule has 1 nitrogen and oxygen atoms in total. The van der Waals surface area contributed by atoms with Crippen LogP contribution in [0.5, 0.6) is 5.75 Å². The molecule has 0 aliphatic carbocycles. The summed E-state index contributed by atoms with van der Waals surface area (Å²) in [6.45, 7) is 0.670. The highest BCUT2D eigenvalue weighted by molar-refractivity contribution is 6.08. The third-order valence-corrected chi connectivity index (χ3v) is 3.51. The first kappa shape index (κ1) is 9.72. The zero-order chi connectivity index (χ0) is 11.9. The van der Waals surface area contributed by atoms with Crippen LogP contribution in [0.15, 0.2) is 54.6 Å². The molecule has 3 aromatic carbocycles. The number of fused-ring (bicyclic) bond motifs is 4. The normalized spacial score (nSPS) is 13.6. The Kier molecular flexibility index (Phi) is 1.95. The average molecular weight is 232 g/mol. The molecular weight excluding hydrogens is 220 g/mol. The second-order valence-electron chi connectivity index (χ2n) is 4.61. The Bertz CT molecular complexity index is 784. The molecule has 0 N–H and O–H groups in total. The lowest BCUT2D eigenvalue weighted by Crippen LogP contribution is -1.99. The number of benzene rings is 3. The van der Waals surface area contributed by atoms with Gasteiger partial charge in [-0.2, -0.15) is 0 Å². The quantitative estimate of drug-likeness (QED) is 0.522. The maximum atomic E-state index is 5.69. The molecular formula is C17H12O. The van der Waals surface area contributed by atoms with E-state index in [0.717, 1.165) is 5.75 Å². The van der Waals surface area contributed by atoms with E-state index in [9.17, 15) is 0 Å². The molecule has 86 valence electrons. The molecule has 1 aliphatic heterocycles. The highest BCUT2D eigenvalue weighted by Gasteiger charge is 2.08. The molecule has 0 saturated carbocycles. The average Bonchev–Trinajstić information content (AvgIpc) is 2.45. The molecule has 0 spiro atoms. The Morgan fingerprint density at radius 1 is 0.833 bits per heavy atom. The van der Waals surface area contributed by atoms with Gasteiger partial charge in [0.15, 0.2) is 0 Å². The molecule has 18 heavy (non-hydrogen) atoms. The minimum absolute atomic E-state index is 0.670. The third kappa shape index (κ3) is 1.34. The van der Waals surface area contributed by atoms with E-state index in [1.807, 2.05) is 0 Å². The zero-order valence-electron chi connectivity index (χ0n) is 9.89. The van der Waals surface area contributed by atoms with Crippen molar-refractivity contribution >= 4 is 27.6 Å². The number of rotatable bonds is 0. The molecule has 0 radical (unpaired) electrons. The van der Waals surface area contributed by atoms with Crippen LogP contribution in [0.3, 0.4) is 0 Å². The minimum Gasteiger partial charge on any atom is -0.489 e. The van der Waals surface area contributed by atoms with Crippen LogP contribution in [0.2, 0.25) is 0 Å². The van der Waals surface area contributed by atoms with Crippen molar-refractivity contribution in [3.8, 4) is 5.75 Å². The van der Waals surface area contributed by atoms with Gasteiger partial charge >= 0.3 is 0 Å². The van der Waals surface area contributed by atoms with Crippen LogP contribution in [-0.4, -0.2) is 6.61 Å². The highest BCUT2D eigenvalue weighted by atomic mass is 16.5. The van der Waals surface area contributed by atoms with E-state index in [-0.39, 0.29) is 0 Å². The van der Waals surface area contributed by atoms with Gasteiger partial charge in [-0.25, -0.2) is 0 Å². The Hall–Kier alpha value is -2.28. The fourth-order valence-corrected chi connectivity index (χ4v) is 2.62. The van der Waals surface area contributed by atoms with Crippen molar-refractivity contribution in [3.63, 3.8) is 0 Å². The van der Waals surface area contributed by atoms with Crippen molar-refractivity contribution < 1.29 is 4.74 Å². The van der Waals surface area contributed by atoms with Crippen molar-refractivity contribution in [2.24, 2.45) is 0 Å². The molecule has 4 rings (SSSR count). The van der Waals surface area contributed by atoms with Crippen molar-refractivity contribution in [2.75, 3.05) is 6.61 Å². The van der Waals surface area contributed by atoms with Crippen LogP contribution in [0.1, 0.15) is 5.56 Å². The zero-order valence-corrected chi connectivity index (χ0v) is 9.89. The molecule has 0 unspecified atom stereocenters. The van der Waals surface area contributed by atoms with Gasteiger partial charge in [-0.1, -0.05) is 42.5 Å². The topological polar surface area (TPSA) is 9.23 Å². The van der Waals surface area contributed by atoms with Crippen LogP contribution in [0, 0.1) is 0 Å². The first-order valence-corrected chi connectivity index (χ1v) is 6.17. The summed E-state index contributed by atoms with van der Waals surface area (Å²) < 4.78 is 5.69. The van der Waals surface area contributed by atoms with E-state index < -0.39 is 0 Å². The van der Waals surface area contributed by atoms with E-state index >= 15 is 0 Å². The molecule has 1 heterocycles. The fraction of sp³-hybridized carbons (Fsp3) is 0.0588. The monoisotopic (exact) mass is 232 g/mol. The number of hydrogen-bond acceptors (Lipinski definition) is 1. The van der Waals surface area contributed by atoms with Crippen LogP contribution in [-0.2, 0) is 0 Å². The van der Waals surface area contributed by atoms with Crippen molar-refractivity contribution in [1.29, 1.82) is 0 Å². The molecule has 1 heteroatoms. The number of hydrogen-bond donors (Lipinski definition) is 0. The fourth-order valence-electron chi connectivity index (χ4n) is 2.62. The summed E-state index contributed by atoms with van der Waals surface area (Å²) in [5.41, 5.74) is 1.17. The van der Waals surface area contributed by atoms with E-state index in [0.29, 0.717) is 6.61 Å². The predicted octanol–water partition coefficient (Wildman–Crippen LogP) is 4.40. The van der Waals surface area contributed by atoms with Crippen LogP contribution < -0.4 is 4.74 Å².